The Morgan fingerprint density at radius 3 is 2.55 bits per heavy atom. The zero-order valence-electron chi connectivity index (χ0n) is 16.5. The molecule has 4 N–H and O–H groups in total. The average molecular weight is 487 g/mol. The minimum Gasteiger partial charge on any atom is -0.406 e. The third-order valence-electron chi connectivity index (χ3n) is 5.25. The van der Waals surface area contributed by atoms with E-state index in [9.17, 15) is 14.0 Å². The number of aromatic nitrogens is 2. The van der Waals surface area contributed by atoms with Gasteiger partial charge in [-0.2, -0.15) is 4.98 Å². The first-order valence-electron chi connectivity index (χ1n) is 9.50. The summed E-state index contributed by atoms with van der Waals surface area (Å²) in [5.74, 6) is -2.48. The molecule has 1 aliphatic heterocycles. The first-order chi connectivity index (χ1) is 15.8. The van der Waals surface area contributed by atoms with Gasteiger partial charge >= 0.3 is 5.63 Å². The first-order valence-corrected chi connectivity index (χ1v) is 10.3. The molecule has 2 aromatic carbocycles. The summed E-state index contributed by atoms with van der Waals surface area (Å²) in [6, 6.07) is 10.6. The van der Waals surface area contributed by atoms with Crippen molar-refractivity contribution in [3.63, 3.8) is 0 Å². The van der Waals surface area contributed by atoms with Crippen LogP contribution in [0.5, 0.6) is 0 Å². The van der Waals surface area contributed by atoms with Crippen LogP contribution in [0.15, 0.2) is 56.1 Å². The largest absolute Gasteiger partial charge is 0.406 e. The van der Waals surface area contributed by atoms with E-state index in [0.29, 0.717) is 10.6 Å². The van der Waals surface area contributed by atoms with Crippen molar-refractivity contribution >= 4 is 46.8 Å². The molecule has 5 rings (SSSR count). The number of nitrogens with two attached hydrogens (primary N) is 2. The fraction of sp³-hybridized carbons (Fsp3) is 0.0455. The van der Waals surface area contributed by atoms with Crippen LogP contribution < -0.4 is 28.0 Å². The van der Waals surface area contributed by atoms with Crippen LogP contribution in [0.25, 0.3) is 17.5 Å². The molecule has 0 aliphatic carbocycles. The van der Waals surface area contributed by atoms with Gasteiger partial charge in [0.25, 0.3) is 11.9 Å². The lowest BCUT2D eigenvalue weighted by atomic mass is 9.86. The molecule has 0 spiro atoms. The number of hydrogen-bond donors (Lipinski definition) is 2. The summed E-state index contributed by atoms with van der Waals surface area (Å²) in [6.07, 6.45) is 1.18. The molecule has 1 aliphatic rings. The summed E-state index contributed by atoms with van der Waals surface area (Å²) in [5.41, 5.74) is 10.9. The quantitative estimate of drug-likeness (QED) is 0.455. The maximum Gasteiger partial charge on any atom is 0.362 e. The van der Waals surface area contributed by atoms with Crippen molar-refractivity contribution in [1.29, 1.82) is 0 Å². The summed E-state index contributed by atoms with van der Waals surface area (Å²) in [4.78, 5) is 29.7. The molecule has 1 atom stereocenters. The Morgan fingerprint density at radius 2 is 1.85 bits per heavy atom. The Morgan fingerprint density at radius 1 is 1.12 bits per heavy atom. The summed E-state index contributed by atoms with van der Waals surface area (Å²) in [6.45, 7) is 0. The molecule has 2 aromatic heterocycles. The number of carbonyl (C=O) groups excluding carboxylic acids is 1. The first kappa shape index (κ1) is 21.0. The molecule has 0 fully saturated rings. The minimum atomic E-state index is -0.928. The number of amides is 1. The van der Waals surface area contributed by atoms with Gasteiger partial charge < -0.3 is 20.3 Å². The Hall–Kier alpha value is -3.82. The predicted octanol–water partition coefficient (Wildman–Crippen LogP) is 2.06. The molecule has 8 nitrogen and oxygen atoms in total. The highest BCUT2D eigenvalue weighted by atomic mass is 35.5. The standard InChI is InChI=1S/C22H13Cl2FN4O4/c23-11-5-2-1-4-9(11)15-16(18(26)30)19-29(20-17(15)28-22(27)33-20)14(21(31)32-19)8-10-12(24)6-3-7-13(10)25/h1-8,15H,(H2,26,30)(H2,27,28)/b14-8+/t15-/m0/s1. The molecule has 33 heavy (non-hydrogen) atoms. The zero-order valence-corrected chi connectivity index (χ0v) is 18.0. The smallest absolute Gasteiger partial charge is 0.362 e. The minimum absolute atomic E-state index is 0.00183. The number of hydrogen-bond acceptors (Lipinski definition) is 6. The summed E-state index contributed by atoms with van der Waals surface area (Å²) >= 11 is 12.5. The van der Waals surface area contributed by atoms with Crippen molar-refractivity contribution in [2.75, 3.05) is 5.73 Å². The summed E-state index contributed by atoms with van der Waals surface area (Å²) in [5, 5.41) is 0.206. The van der Waals surface area contributed by atoms with Crippen LogP contribution in [0.1, 0.15) is 22.7 Å². The lowest BCUT2D eigenvalue weighted by Gasteiger charge is -2.21. The van der Waals surface area contributed by atoms with E-state index in [0.717, 1.165) is 0 Å². The van der Waals surface area contributed by atoms with Gasteiger partial charge in [0.05, 0.1) is 16.5 Å². The molecule has 0 saturated heterocycles. The molecule has 0 saturated carbocycles. The van der Waals surface area contributed by atoms with Gasteiger partial charge in [-0.3, -0.25) is 4.79 Å². The highest BCUT2D eigenvalue weighted by Gasteiger charge is 2.39. The summed E-state index contributed by atoms with van der Waals surface area (Å²) < 4.78 is 26.6. The van der Waals surface area contributed by atoms with Crippen LogP contribution in [-0.2, 0) is 4.79 Å². The molecule has 0 bridgehead atoms. The Bertz CT molecular complexity index is 1620. The second-order valence-electron chi connectivity index (χ2n) is 7.17. The Kier molecular flexibility index (Phi) is 4.88. The fourth-order valence-corrected chi connectivity index (χ4v) is 4.34. The number of benzene rings is 2. The van der Waals surface area contributed by atoms with Crippen LogP contribution in [0.4, 0.5) is 10.4 Å². The molecule has 1 amide bonds. The molecular formula is C22H13Cl2FN4O4. The SMILES string of the molecule is NC(=O)C1=c2oc(=O)/c(=C\c3c(F)cccc3Cl)n2-c2oc(N)nc2[C@H]1c1ccccc1Cl. The normalized spacial score (nSPS) is 15.4. The third-order valence-corrected chi connectivity index (χ3v) is 5.93. The fourth-order valence-electron chi connectivity index (χ4n) is 3.88. The monoisotopic (exact) mass is 486 g/mol. The van der Waals surface area contributed by atoms with Crippen molar-refractivity contribution in [2.24, 2.45) is 5.73 Å². The number of nitrogens with zero attached hydrogens (tertiary/aromatic N) is 2. The molecule has 166 valence electrons. The number of rotatable bonds is 3. The van der Waals surface area contributed by atoms with E-state index in [2.05, 4.69) is 4.98 Å². The second-order valence-corrected chi connectivity index (χ2v) is 7.98. The lowest BCUT2D eigenvalue weighted by molar-refractivity contribution is -0.113. The van der Waals surface area contributed by atoms with Gasteiger partial charge in [0.2, 0.25) is 11.4 Å². The van der Waals surface area contributed by atoms with E-state index in [-0.39, 0.29) is 44.6 Å². The van der Waals surface area contributed by atoms with Crippen molar-refractivity contribution in [3.8, 4) is 5.88 Å². The van der Waals surface area contributed by atoms with E-state index in [1.807, 2.05) is 0 Å². The van der Waals surface area contributed by atoms with E-state index >= 15 is 0 Å². The van der Waals surface area contributed by atoms with Crippen molar-refractivity contribution in [3.05, 3.63) is 96.5 Å². The highest BCUT2D eigenvalue weighted by molar-refractivity contribution is 6.32. The van der Waals surface area contributed by atoms with E-state index in [1.165, 1.54) is 28.8 Å². The number of nitrogen functional groups attached to an aromatic ring is 1. The van der Waals surface area contributed by atoms with Gasteiger partial charge in [-0.1, -0.05) is 47.5 Å². The van der Waals surface area contributed by atoms with Gasteiger partial charge in [-0.05, 0) is 29.8 Å². The molecule has 11 heteroatoms. The number of fused-ring (bicyclic) bond motifs is 3. The van der Waals surface area contributed by atoms with Crippen LogP contribution in [0.3, 0.4) is 0 Å². The zero-order chi connectivity index (χ0) is 23.4. The van der Waals surface area contributed by atoms with Gasteiger partial charge in [0.1, 0.15) is 16.9 Å². The van der Waals surface area contributed by atoms with Crippen molar-refractivity contribution in [2.45, 2.75) is 5.92 Å². The topological polar surface area (TPSA) is 130 Å². The second kappa shape index (κ2) is 7.65. The number of carbonyl (C=O) groups is 1. The van der Waals surface area contributed by atoms with Crippen molar-refractivity contribution in [1.82, 2.24) is 9.55 Å². The number of oxazole rings is 2. The van der Waals surface area contributed by atoms with Crippen LogP contribution in [0.2, 0.25) is 10.0 Å². The summed E-state index contributed by atoms with van der Waals surface area (Å²) in [7, 11) is 0. The highest BCUT2D eigenvalue weighted by Crippen LogP contribution is 2.40. The van der Waals surface area contributed by atoms with Crippen LogP contribution in [-0.4, -0.2) is 15.5 Å². The maximum atomic E-state index is 14.4. The molecular weight excluding hydrogens is 474 g/mol. The van der Waals surface area contributed by atoms with Gasteiger partial charge in [0, 0.05) is 10.6 Å². The Labute approximate surface area is 194 Å². The molecule has 4 aromatic rings. The van der Waals surface area contributed by atoms with Gasteiger partial charge in [-0.15, -0.1) is 0 Å². The van der Waals surface area contributed by atoms with E-state index in [4.69, 9.17) is 43.5 Å². The molecule has 0 unspecified atom stereocenters. The number of halogens is 3. The molecule has 0 radical (unpaired) electrons. The lowest BCUT2D eigenvalue weighted by Crippen LogP contribution is -2.38. The number of primary amides is 1. The van der Waals surface area contributed by atoms with E-state index < -0.39 is 23.3 Å². The predicted molar refractivity (Wildman–Crippen MR) is 119 cm³/mol. The van der Waals surface area contributed by atoms with Crippen LogP contribution >= 0.6 is 23.2 Å². The average Bonchev–Trinajstić information content (AvgIpc) is 3.29. The Balaban J connectivity index is 1.96. The maximum absolute atomic E-state index is 14.4. The van der Waals surface area contributed by atoms with Gasteiger partial charge in [0.15, 0.2) is 0 Å². The van der Waals surface area contributed by atoms with E-state index in [1.54, 1.807) is 24.3 Å². The van der Waals surface area contributed by atoms with Crippen molar-refractivity contribution < 1.29 is 18.0 Å². The van der Waals surface area contributed by atoms with Crippen LogP contribution in [0, 0.1) is 5.82 Å². The third kappa shape index (κ3) is 3.24. The van der Waals surface area contributed by atoms with Gasteiger partial charge in [-0.25, -0.2) is 13.8 Å². The molecule has 3 heterocycles. The number of anilines is 1.